The van der Waals surface area contributed by atoms with Crippen molar-refractivity contribution >= 4 is 11.6 Å². The molecule has 122 valence electrons. The molecule has 0 aliphatic heterocycles. The summed E-state index contributed by atoms with van der Waals surface area (Å²) >= 11 is 0. The lowest BCUT2D eigenvalue weighted by atomic mass is 9.89. The molecule has 3 aromatic rings. The predicted octanol–water partition coefficient (Wildman–Crippen LogP) is 4.04. The third kappa shape index (κ3) is 2.73. The third-order valence-electron chi connectivity index (χ3n) is 4.45. The number of fused-ring (bicyclic) bond motifs is 1. The molecule has 1 aliphatic carbocycles. The highest BCUT2D eigenvalue weighted by atomic mass is 16.3. The number of carbonyl (C=O) groups is 1. The summed E-state index contributed by atoms with van der Waals surface area (Å²) in [6.45, 7) is 1.93. The number of furan rings is 1. The molecule has 0 spiro atoms. The Balaban J connectivity index is 1.50. The first-order valence-corrected chi connectivity index (χ1v) is 8.21. The molecule has 4 rings (SSSR count). The Kier molecular flexibility index (Phi) is 3.69. The van der Waals surface area contributed by atoms with Gasteiger partial charge in [-0.15, -0.1) is 0 Å². The highest BCUT2D eigenvalue weighted by Crippen LogP contribution is 2.31. The average Bonchev–Trinajstić information content (AvgIpc) is 3.23. The van der Waals surface area contributed by atoms with Crippen molar-refractivity contribution in [1.82, 2.24) is 9.97 Å². The van der Waals surface area contributed by atoms with Crippen molar-refractivity contribution in [2.45, 2.75) is 32.1 Å². The molecule has 1 atom stereocenters. The van der Waals surface area contributed by atoms with Gasteiger partial charge >= 0.3 is 0 Å². The molecule has 1 aromatic carbocycles. The number of carbonyl (C=O) groups excluding carboxylic acids is 1. The molecule has 0 saturated heterocycles. The van der Waals surface area contributed by atoms with E-state index in [9.17, 15) is 4.79 Å². The van der Waals surface area contributed by atoms with Gasteiger partial charge in [0.15, 0.2) is 0 Å². The lowest BCUT2D eigenvalue weighted by molar-refractivity contribution is -0.118. The number of hydrogen-bond donors (Lipinski definition) is 2. The summed E-state index contributed by atoms with van der Waals surface area (Å²) in [5.41, 5.74) is 3.78. The van der Waals surface area contributed by atoms with Gasteiger partial charge in [0.25, 0.3) is 0 Å². The van der Waals surface area contributed by atoms with E-state index in [2.05, 4.69) is 15.3 Å². The van der Waals surface area contributed by atoms with Gasteiger partial charge in [0.05, 0.1) is 17.9 Å². The van der Waals surface area contributed by atoms with Gasteiger partial charge in [-0.1, -0.05) is 0 Å². The quantitative estimate of drug-likeness (QED) is 0.765. The molecule has 1 amide bonds. The third-order valence-corrected chi connectivity index (χ3v) is 4.45. The van der Waals surface area contributed by atoms with Crippen molar-refractivity contribution in [3.05, 3.63) is 59.9 Å². The molecule has 0 radical (unpaired) electrons. The maximum Gasteiger partial charge on any atom is 0.233 e. The Bertz CT molecular complexity index is 847. The number of H-pyrrole nitrogens is 1. The fraction of sp³-hybridized carbons (Fsp3) is 0.263. The molecule has 0 bridgehead atoms. The highest BCUT2D eigenvalue weighted by Gasteiger charge is 2.29. The van der Waals surface area contributed by atoms with E-state index in [1.54, 1.807) is 6.26 Å². The van der Waals surface area contributed by atoms with Gasteiger partial charge in [-0.25, -0.2) is 4.98 Å². The number of rotatable bonds is 3. The smallest absolute Gasteiger partial charge is 0.233 e. The fourth-order valence-corrected chi connectivity index (χ4v) is 3.30. The van der Waals surface area contributed by atoms with Gasteiger partial charge in [-0.2, -0.15) is 0 Å². The maximum atomic E-state index is 12.7. The SMILES string of the molecule is Cc1nc2c([nH]1)CCCC2C(=O)Nc1ccc(-c2ccco2)cc1. The van der Waals surface area contributed by atoms with E-state index in [1.807, 2.05) is 43.3 Å². The molecule has 2 N–H and O–H groups in total. The van der Waals surface area contributed by atoms with Crippen molar-refractivity contribution in [2.75, 3.05) is 5.32 Å². The molecule has 1 unspecified atom stereocenters. The summed E-state index contributed by atoms with van der Waals surface area (Å²) in [6, 6.07) is 11.5. The Morgan fingerprint density at radius 3 is 2.88 bits per heavy atom. The van der Waals surface area contributed by atoms with E-state index >= 15 is 0 Å². The van der Waals surface area contributed by atoms with E-state index in [0.717, 1.165) is 53.5 Å². The second kappa shape index (κ2) is 6.00. The first-order valence-electron chi connectivity index (χ1n) is 8.21. The molecule has 0 saturated carbocycles. The van der Waals surface area contributed by atoms with Crippen LogP contribution in [0, 0.1) is 6.92 Å². The van der Waals surface area contributed by atoms with E-state index in [-0.39, 0.29) is 11.8 Å². The Hall–Kier alpha value is -2.82. The summed E-state index contributed by atoms with van der Waals surface area (Å²) in [7, 11) is 0. The summed E-state index contributed by atoms with van der Waals surface area (Å²) in [6.07, 6.45) is 4.47. The van der Waals surface area contributed by atoms with Gasteiger partial charge in [-0.05, 0) is 62.6 Å². The van der Waals surface area contributed by atoms with Crippen LogP contribution >= 0.6 is 0 Å². The Morgan fingerprint density at radius 2 is 2.12 bits per heavy atom. The van der Waals surface area contributed by atoms with Gasteiger partial charge in [-0.3, -0.25) is 4.79 Å². The summed E-state index contributed by atoms with van der Waals surface area (Å²) < 4.78 is 5.38. The number of nitrogens with zero attached hydrogens (tertiary/aromatic N) is 1. The van der Waals surface area contributed by atoms with Gasteiger partial charge in [0, 0.05) is 16.9 Å². The topological polar surface area (TPSA) is 70.9 Å². The van der Waals surface area contributed by atoms with Crippen LogP contribution in [0.3, 0.4) is 0 Å². The van der Waals surface area contributed by atoms with Crippen molar-refractivity contribution in [3.63, 3.8) is 0 Å². The van der Waals surface area contributed by atoms with Crippen LogP contribution in [-0.4, -0.2) is 15.9 Å². The Morgan fingerprint density at radius 1 is 1.29 bits per heavy atom. The van der Waals surface area contributed by atoms with Crippen molar-refractivity contribution in [1.29, 1.82) is 0 Å². The summed E-state index contributed by atoms with van der Waals surface area (Å²) in [5, 5.41) is 3.01. The van der Waals surface area contributed by atoms with E-state index in [1.165, 1.54) is 0 Å². The number of anilines is 1. The van der Waals surface area contributed by atoms with Crippen molar-refractivity contribution in [3.8, 4) is 11.3 Å². The number of amides is 1. The molecular formula is C19H19N3O2. The highest BCUT2D eigenvalue weighted by molar-refractivity contribution is 5.96. The zero-order chi connectivity index (χ0) is 16.5. The second-order valence-corrected chi connectivity index (χ2v) is 6.17. The van der Waals surface area contributed by atoms with E-state index in [4.69, 9.17) is 4.42 Å². The molecule has 5 nitrogen and oxygen atoms in total. The normalized spacial score (nSPS) is 16.6. The first-order chi connectivity index (χ1) is 11.7. The van der Waals surface area contributed by atoms with Crippen LogP contribution in [0.1, 0.15) is 36.0 Å². The lowest BCUT2D eigenvalue weighted by Gasteiger charge is -2.20. The van der Waals surface area contributed by atoms with Gasteiger partial charge < -0.3 is 14.7 Å². The number of imidazole rings is 1. The summed E-state index contributed by atoms with van der Waals surface area (Å²) in [4.78, 5) is 20.5. The maximum absolute atomic E-state index is 12.7. The molecular weight excluding hydrogens is 302 g/mol. The monoisotopic (exact) mass is 321 g/mol. The Labute approximate surface area is 140 Å². The standard InChI is InChI=1S/C19H19N3O2/c1-12-20-16-5-2-4-15(18(16)21-12)19(23)22-14-9-7-13(8-10-14)17-6-3-11-24-17/h3,6-11,15H,2,4-5H2,1H3,(H,20,21)(H,22,23). The number of aromatic amines is 1. The predicted molar refractivity (Wildman–Crippen MR) is 91.8 cm³/mol. The van der Waals surface area contributed by atoms with Crippen LogP contribution in [0.4, 0.5) is 5.69 Å². The number of aryl methyl sites for hydroxylation is 2. The lowest BCUT2D eigenvalue weighted by Crippen LogP contribution is -2.24. The van der Waals surface area contributed by atoms with E-state index in [0.29, 0.717) is 0 Å². The van der Waals surface area contributed by atoms with Crippen molar-refractivity contribution in [2.24, 2.45) is 0 Å². The minimum atomic E-state index is -0.177. The number of benzene rings is 1. The van der Waals surface area contributed by atoms with Gasteiger partial charge in [0.1, 0.15) is 11.6 Å². The molecule has 2 aromatic heterocycles. The van der Waals surface area contributed by atoms with Crippen LogP contribution in [0.15, 0.2) is 47.1 Å². The number of aromatic nitrogens is 2. The average molecular weight is 321 g/mol. The van der Waals surface area contributed by atoms with Crippen LogP contribution in [0.25, 0.3) is 11.3 Å². The number of nitrogens with one attached hydrogen (secondary N) is 2. The summed E-state index contributed by atoms with van der Waals surface area (Å²) in [5.74, 6) is 1.52. The van der Waals surface area contributed by atoms with Crippen LogP contribution in [0.2, 0.25) is 0 Å². The minimum absolute atomic E-state index is 0.00759. The fourth-order valence-electron chi connectivity index (χ4n) is 3.30. The molecule has 2 heterocycles. The van der Waals surface area contributed by atoms with Crippen LogP contribution in [0.5, 0.6) is 0 Å². The first kappa shape index (κ1) is 14.8. The van der Waals surface area contributed by atoms with E-state index < -0.39 is 0 Å². The second-order valence-electron chi connectivity index (χ2n) is 6.17. The molecule has 0 fully saturated rings. The largest absolute Gasteiger partial charge is 0.464 e. The molecule has 1 aliphatic rings. The zero-order valence-electron chi connectivity index (χ0n) is 13.5. The van der Waals surface area contributed by atoms with Crippen LogP contribution in [-0.2, 0) is 11.2 Å². The molecule has 24 heavy (non-hydrogen) atoms. The van der Waals surface area contributed by atoms with Crippen LogP contribution < -0.4 is 5.32 Å². The van der Waals surface area contributed by atoms with Crippen molar-refractivity contribution < 1.29 is 9.21 Å². The zero-order valence-corrected chi connectivity index (χ0v) is 13.5. The van der Waals surface area contributed by atoms with Gasteiger partial charge in [0.2, 0.25) is 5.91 Å². The minimum Gasteiger partial charge on any atom is -0.464 e. The molecule has 5 heteroatoms. The number of hydrogen-bond acceptors (Lipinski definition) is 3.